The average Bonchev–Trinajstić information content (AvgIpc) is 2.55. The molecule has 0 aromatic heterocycles. The van der Waals surface area contributed by atoms with Gasteiger partial charge < -0.3 is 4.84 Å². The number of allylic oxidation sites excluding steroid dienone is 1. The van der Waals surface area contributed by atoms with Crippen molar-refractivity contribution in [2.24, 2.45) is 4.99 Å². The van der Waals surface area contributed by atoms with Crippen molar-refractivity contribution < 1.29 is 14.0 Å². The van der Waals surface area contributed by atoms with Crippen LogP contribution in [0.5, 0.6) is 0 Å². The topological polar surface area (TPSA) is 50.7 Å². The molecule has 0 fully saturated rings. The second kappa shape index (κ2) is 6.11. The molecule has 0 bridgehead atoms. The molecule has 4 nitrogen and oxygen atoms in total. The van der Waals surface area contributed by atoms with Crippen molar-refractivity contribution >= 4 is 27.5 Å². The van der Waals surface area contributed by atoms with Gasteiger partial charge in [0.1, 0.15) is 12.1 Å². The van der Waals surface area contributed by atoms with Gasteiger partial charge in [-0.2, -0.15) is 0 Å². The quantitative estimate of drug-likeness (QED) is 0.850. The summed E-state index contributed by atoms with van der Waals surface area (Å²) < 4.78 is 13.8. The summed E-state index contributed by atoms with van der Waals surface area (Å²) in [7, 11) is 0. The van der Waals surface area contributed by atoms with Gasteiger partial charge in [-0.1, -0.05) is 28.1 Å². The number of hydroxylamine groups is 1. The summed E-state index contributed by atoms with van der Waals surface area (Å²) in [6.45, 7) is 0. The Morgan fingerprint density at radius 2 is 1.95 bits per heavy atom. The molecule has 0 atom stereocenters. The molecule has 0 radical (unpaired) electrons. The molecule has 6 heteroatoms. The van der Waals surface area contributed by atoms with E-state index in [2.05, 4.69) is 26.4 Å². The largest absolute Gasteiger partial charge is 0.386 e. The van der Waals surface area contributed by atoms with E-state index in [0.29, 0.717) is 17.0 Å². The predicted octanol–water partition coefficient (Wildman–Crippen LogP) is 3.59. The van der Waals surface area contributed by atoms with E-state index in [-0.39, 0.29) is 17.3 Å². The number of halogens is 2. The van der Waals surface area contributed by atoms with Gasteiger partial charge >= 0.3 is 0 Å². The number of amidine groups is 1. The van der Waals surface area contributed by atoms with Crippen molar-refractivity contribution in [3.05, 3.63) is 81.9 Å². The molecule has 1 heterocycles. The van der Waals surface area contributed by atoms with E-state index in [1.807, 2.05) is 6.07 Å². The lowest BCUT2D eigenvalue weighted by Gasteiger charge is -2.14. The van der Waals surface area contributed by atoms with Crippen molar-refractivity contribution in [1.82, 2.24) is 5.48 Å². The molecule has 0 saturated carbocycles. The van der Waals surface area contributed by atoms with Crippen LogP contribution in [0.15, 0.2) is 70.0 Å². The number of ketones is 1. The van der Waals surface area contributed by atoms with E-state index in [9.17, 15) is 9.18 Å². The third-order valence-electron chi connectivity index (χ3n) is 3.00. The van der Waals surface area contributed by atoms with Crippen LogP contribution in [-0.2, 0) is 4.84 Å². The summed E-state index contributed by atoms with van der Waals surface area (Å²) in [5.41, 5.74) is 3.87. The first-order valence-electron chi connectivity index (χ1n) is 6.40. The maximum absolute atomic E-state index is 13.0. The Labute approximate surface area is 134 Å². The maximum Gasteiger partial charge on any atom is 0.214 e. The van der Waals surface area contributed by atoms with E-state index < -0.39 is 0 Å². The Morgan fingerprint density at radius 1 is 1.18 bits per heavy atom. The fraction of sp³-hybridized carbons (Fsp3) is 0. The van der Waals surface area contributed by atoms with E-state index in [1.54, 1.807) is 30.3 Å². The Hall–Kier alpha value is -2.47. The van der Waals surface area contributed by atoms with Gasteiger partial charge in [0.25, 0.3) is 0 Å². The minimum atomic E-state index is -0.345. The van der Waals surface area contributed by atoms with Crippen LogP contribution >= 0.6 is 15.9 Å². The molecule has 22 heavy (non-hydrogen) atoms. The number of hydrogen-bond donors (Lipinski definition) is 1. The zero-order valence-electron chi connectivity index (χ0n) is 11.2. The summed E-state index contributed by atoms with van der Waals surface area (Å²) in [6.07, 6.45) is 1.25. The molecule has 2 aromatic carbocycles. The third-order valence-corrected chi connectivity index (χ3v) is 3.49. The summed E-state index contributed by atoms with van der Waals surface area (Å²) in [4.78, 5) is 21.7. The molecule has 0 unspecified atom stereocenters. The van der Waals surface area contributed by atoms with Crippen molar-refractivity contribution in [1.29, 1.82) is 0 Å². The number of benzene rings is 2. The molecule has 0 amide bonds. The highest BCUT2D eigenvalue weighted by Gasteiger charge is 2.18. The number of carbonyl (C=O) groups excluding carboxylic acids is 1. The second-order valence-corrected chi connectivity index (χ2v) is 5.45. The lowest BCUT2D eigenvalue weighted by atomic mass is 10.1. The van der Waals surface area contributed by atoms with Gasteiger partial charge in [-0.15, -0.1) is 0 Å². The average molecular weight is 361 g/mol. The molecule has 1 aliphatic heterocycles. The lowest BCUT2D eigenvalue weighted by Crippen LogP contribution is -2.27. The Bertz CT molecular complexity index is 785. The molecule has 0 saturated heterocycles. The number of carbonyl (C=O) groups is 1. The number of hydrogen-bond acceptors (Lipinski definition) is 4. The van der Waals surface area contributed by atoms with Gasteiger partial charge in [0.05, 0.1) is 0 Å². The maximum atomic E-state index is 13.0. The first-order valence-corrected chi connectivity index (χ1v) is 7.19. The van der Waals surface area contributed by atoms with Gasteiger partial charge in [0, 0.05) is 15.6 Å². The third kappa shape index (κ3) is 3.07. The summed E-state index contributed by atoms with van der Waals surface area (Å²) in [5.74, 6) is -0.259. The molecule has 110 valence electrons. The van der Waals surface area contributed by atoms with Crippen molar-refractivity contribution in [2.75, 3.05) is 0 Å². The first-order chi connectivity index (χ1) is 10.6. The molecule has 3 rings (SSSR count). The number of rotatable bonds is 3. The van der Waals surface area contributed by atoms with E-state index in [0.717, 1.165) is 4.47 Å². The van der Waals surface area contributed by atoms with Gasteiger partial charge in [0.2, 0.25) is 5.78 Å². The predicted molar refractivity (Wildman–Crippen MR) is 83.7 cm³/mol. The standard InChI is InChI=1S/C16H10BrFN2O2/c17-12-3-1-2-11(8-12)15(21)14-9-22-20-16(19-14)10-4-6-13(18)7-5-10/h1-9H,(H,19,20). The number of nitrogens with one attached hydrogen (secondary N) is 1. The zero-order chi connectivity index (χ0) is 15.5. The Kier molecular flexibility index (Phi) is 4.02. The van der Waals surface area contributed by atoms with E-state index in [1.165, 1.54) is 18.4 Å². The van der Waals surface area contributed by atoms with Gasteiger partial charge in [-0.25, -0.2) is 14.9 Å². The van der Waals surface area contributed by atoms with Crippen LogP contribution in [0.3, 0.4) is 0 Å². The number of Topliss-reactive ketones (excluding diaryl/α,β-unsaturated/α-hetero) is 1. The molecule has 1 aliphatic rings. The van der Waals surface area contributed by atoms with Gasteiger partial charge in [0.15, 0.2) is 11.5 Å². The van der Waals surface area contributed by atoms with Crippen molar-refractivity contribution in [3.63, 3.8) is 0 Å². The molecule has 2 aromatic rings. The van der Waals surface area contributed by atoms with Crippen LogP contribution in [-0.4, -0.2) is 11.6 Å². The summed E-state index contributed by atoms with van der Waals surface area (Å²) in [6, 6.07) is 12.7. The summed E-state index contributed by atoms with van der Waals surface area (Å²) >= 11 is 3.32. The van der Waals surface area contributed by atoms with Crippen LogP contribution < -0.4 is 5.48 Å². The fourth-order valence-corrected chi connectivity index (χ4v) is 2.32. The van der Waals surface area contributed by atoms with Crippen molar-refractivity contribution in [3.8, 4) is 0 Å². The SMILES string of the molecule is O=C(C1=CONC(c2ccc(F)cc2)=N1)c1cccc(Br)c1. The number of nitrogens with zero attached hydrogens (tertiary/aromatic N) is 1. The molecule has 0 spiro atoms. The Morgan fingerprint density at radius 3 is 2.68 bits per heavy atom. The van der Waals surface area contributed by atoms with E-state index >= 15 is 0 Å². The molecule has 0 aliphatic carbocycles. The molecular weight excluding hydrogens is 351 g/mol. The van der Waals surface area contributed by atoms with Crippen molar-refractivity contribution in [2.45, 2.75) is 0 Å². The molecular formula is C16H10BrFN2O2. The number of aliphatic imine (C=N–C) groups is 1. The Balaban J connectivity index is 1.90. The first kappa shape index (κ1) is 14.5. The highest BCUT2D eigenvalue weighted by Crippen LogP contribution is 2.18. The minimum Gasteiger partial charge on any atom is -0.386 e. The van der Waals surface area contributed by atoms with Crippen LogP contribution in [0.2, 0.25) is 0 Å². The van der Waals surface area contributed by atoms with Crippen LogP contribution in [0, 0.1) is 5.82 Å². The minimum absolute atomic E-state index is 0.163. The monoisotopic (exact) mass is 360 g/mol. The van der Waals surface area contributed by atoms with E-state index in [4.69, 9.17) is 4.84 Å². The highest BCUT2D eigenvalue weighted by molar-refractivity contribution is 9.10. The van der Waals surface area contributed by atoms with Gasteiger partial charge in [-0.3, -0.25) is 4.79 Å². The fourth-order valence-electron chi connectivity index (χ4n) is 1.92. The lowest BCUT2D eigenvalue weighted by molar-refractivity contribution is 0.101. The summed E-state index contributed by atoms with van der Waals surface area (Å²) in [5, 5.41) is 0. The smallest absolute Gasteiger partial charge is 0.214 e. The second-order valence-electron chi connectivity index (χ2n) is 4.53. The van der Waals surface area contributed by atoms with Crippen LogP contribution in [0.1, 0.15) is 15.9 Å². The molecule has 1 N–H and O–H groups in total. The highest BCUT2D eigenvalue weighted by atomic mass is 79.9. The normalized spacial score (nSPS) is 13.5. The van der Waals surface area contributed by atoms with Gasteiger partial charge in [-0.05, 0) is 36.4 Å². The zero-order valence-corrected chi connectivity index (χ0v) is 12.8. The van der Waals surface area contributed by atoms with Crippen LogP contribution in [0.25, 0.3) is 0 Å². The van der Waals surface area contributed by atoms with Crippen LogP contribution in [0.4, 0.5) is 4.39 Å².